The van der Waals surface area contributed by atoms with E-state index in [0.29, 0.717) is 36.6 Å². The maximum atomic E-state index is 12.8. The van der Waals surface area contributed by atoms with E-state index in [-0.39, 0.29) is 18.3 Å². The van der Waals surface area contributed by atoms with Gasteiger partial charge in [0, 0.05) is 48.0 Å². The Morgan fingerprint density at radius 3 is 2.64 bits per heavy atom. The maximum absolute atomic E-state index is 12.8. The Balaban J connectivity index is 0.00000176. The van der Waals surface area contributed by atoms with E-state index in [2.05, 4.69) is 30.1 Å². The van der Waals surface area contributed by atoms with Crippen LogP contribution in [0.25, 0.3) is 0 Å². The number of aliphatic imine (C=N–C) groups is 1. The average molecular weight is 492 g/mol. The van der Waals surface area contributed by atoms with Gasteiger partial charge in [0.1, 0.15) is 30.4 Å². The number of allylic oxidation sites excluding steroid dienone is 1. The van der Waals surface area contributed by atoms with Crippen LogP contribution in [0, 0.1) is 0 Å². The molecule has 0 atom stereocenters. The molecular weight excluding hydrogens is 454 g/mol. The second-order valence-electron chi connectivity index (χ2n) is 8.27. The maximum Gasteiger partial charge on any atom is 0.219 e. The Bertz CT molecular complexity index is 1150. The molecule has 1 N–H and O–H groups in total. The first kappa shape index (κ1) is 27.0. The number of anilines is 1. The molecule has 0 saturated carbocycles. The standard InChI is InChI=1S/C27H31N3O4.C2H6/c1-4-12-30(6-3)19-7-10-23-25(15-19)34-17-18-14-24(31)21-9-8-20(16-22(21)27(18)29-23)33-13-11-28-26(32)5-2;1-2/h7-10,14-16H,4-6,11-13,17H2,1-3H3,(H,28,32);1-2H3. The molecule has 192 valence electrons. The van der Waals surface area contributed by atoms with E-state index in [9.17, 15) is 9.59 Å². The van der Waals surface area contributed by atoms with Gasteiger partial charge in [-0.15, -0.1) is 0 Å². The van der Waals surface area contributed by atoms with Crippen LogP contribution >= 0.6 is 0 Å². The van der Waals surface area contributed by atoms with Crippen LogP contribution in [0.15, 0.2) is 53.0 Å². The van der Waals surface area contributed by atoms with Gasteiger partial charge >= 0.3 is 0 Å². The predicted molar refractivity (Wildman–Crippen MR) is 145 cm³/mol. The fraction of sp³-hybridized carbons (Fsp3) is 0.414. The zero-order valence-electron chi connectivity index (χ0n) is 22.0. The van der Waals surface area contributed by atoms with E-state index in [0.717, 1.165) is 47.7 Å². The van der Waals surface area contributed by atoms with E-state index in [4.69, 9.17) is 14.5 Å². The van der Waals surface area contributed by atoms with Crippen molar-refractivity contribution in [1.29, 1.82) is 0 Å². The van der Waals surface area contributed by atoms with Crippen LogP contribution in [0.3, 0.4) is 0 Å². The van der Waals surface area contributed by atoms with Crippen LogP contribution in [-0.2, 0) is 4.79 Å². The number of benzene rings is 2. The van der Waals surface area contributed by atoms with Crippen LogP contribution in [0.2, 0.25) is 0 Å². The lowest BCUT2D eigenvalue weighted by molar-refractivity contribution is -0.120. The van der Waals surface area contributed by atoms with Gasteiger partial charge in [-0.1, -0.05) is 27.7 Å². The molecule has 0 spiro atoms. The summed E-state index contributed by atoms with van der Waals surface area (Å²) in [5.41, 5.74) is 4.65. The van der Waals surface area contributed by atoms with Crippen molar-refractivity contribution in [2.24, 2.45) is 4.99 Å². The monoisotopic (exact) mass is 491 g/mol. The molecule has 1 aliphatic heterocycles. The van der Waals surface area contributed by atoms with E-state index in [1.165, 1.54) is 0 Å². The summed E-state index contributed by atoms with van der Waals surface area (Å²) >= 11 is 0. The lowest BCUT2D eigenvalue weighted by Gasteiger charge is -2.23. The minimum Gasteiger partial charge on any atom is -0.492 e. The van der Waals surface area contributed by atoms with Crippen molar-refractivity contribution in [3.8, 4) is 11.5 Å². The number of nitrogens with one attached hydrogen (secondary N) is 1. The molecule has 1 aliphatic carbocycles. The van der Waals surface area contributed by atoms with Crippen molar-refractivity contribution in [1.82, 2.24) is 5.32 Å². The Morgan fingerprint density at radius 2 is 1.92 bits per heavy atom. The van der Waals surface area contributed by atoms with Gasteiger partial charge in [0.05, 0.1) is 12.3 Å². The molecule has 0 saturated heterocycles. The van der Waals surface area contributed by atoms with Gasteiger partial charge in [0.25, 0.3) is 0 Å². The number of rotatable bonds is 9. The van der Waals surface area contributed by atoms with Crippen molar-refractivity contribution < 1.29 is 19.1 Å². The van der Waals surface area contributed by atoms with Gasteiger partial charge in [0.15, 0.2) is 5.78 Å². The van der Waals surface area contributed by atoms with Gasteiger partial charge < -0.3 is 19.7 Å². The number of carbonyl (C=O) groups excluding carboxylic acids is 2. The van der Waals surface area contributed by atoms with Crippen LogP contribution < -0.4 is 19.7 Å². The molecule has 2 aliphatic rings. The van der Waals surface area contributed by atoms with Crippen molar-refractivity contribution in [3.63, 3.8) is 0 Å². The largest absolute Gasteiger partial charge is 0.492 e. The van der Waals surface area contributed by atoms with Crippen molar-refractivity contribution >= 4 is 28.8 Å². The number of nitrogens with zero attached hydrogens (tertiary/aromatic N) is 2. The van der Waals surface area contributed by atoms with Crippen LogP contribution in [0.4, 0.5) is 11.4 Å². The summed E-state index contributed by atoms with van der Waals surface area (Å²) in [4.78, 5) is 31.4. The van der Waals surface area contributed by atoms with Gasteiger partial charge in [-0.25, -0.2) is 4.99 Å². The highest BCUT2D eigenvalue weighted by atomic mass is 16.5. The Hall–Kier alpha value is -3.61. The smallest absolute Gasteiger partial charge is 0.219 e. The average Bonchev–Trinajstić information content (AvgIpc) is 3.10. The number of ether oxygens (including phenoxy) is 2. The number of ketones is 1. The molecule has 0 unspecified atom stereocenters. The Morgan fingerprint density at radius 1 is 1.11 bits per heavy atom. The fourth-order valence-corrected chi connectivity index (χ4v) is 4.15. The number of hydrogen-bond acceptors (Lipinski definition) is 6. The number of fused-ring (bicyclic) bond motifs is 4. The first-order valence-corrected chi connectivity index (χ1v) is 12.9. The zero-order valence-corrected chi connectivity index (χ0v) is 22.0. The molecule has 0 aromatic heterocycles. The first-order valence-electron chi connectivity index (χ1n) is 12.9. The third-order valence-electron chi connectivity index (χ3n) is 5.93. The first-order chi connectivity index (χ1) is 17.5. The summed E-state index contributed by atoms with van der Waals surface area (Å²) in [6.45, 7) is 13.0. The zero-order chi connectivity index (χ0) is 26.1. The molecule has 4 rings (SSSR count). The predicted octanol–water partition coefficient (Wildman–Crippen LogP) is 5.49. The van der Waals surface area contributed by atoms with E-state index in [1.54, 1.807) is 18.2 Å². The minimum atomic E-state index is -0.0685. The van der Waals surface area contributed by atoms with Gasteiger partial charge in [-0.2, -0.15) is 0 Å². The second-order valence-corrected chi connectivity index (χ2v) is 8.27. The number of hydrogen-bond donors (Lipinski definition) is 1. The van der Waals surface area contributed by atoms with Gasteiger partial charge in [0.2, 0.25) is 5.91 Å². The molecule has 1 heterocycles. The highest BCUT2D eigenvalue weighted by Crippen LogP contribution is 2.38. The van der Waals surface area contributed by atoms with E-state index in [1.807, 2.05) is 39.0 Å². The molecule has 36 heavy (non-hydrogen) atoms. The van der Waals surface area contributed by atoms with Crippen LogP contribution in [0.5, 0.6) is 11.5 Å². The topological polar surface area (TPSA) is 80.2 Å². The second kappa shape index (κ2) is 12.9. The normalized spacial score (nSPS) is 13.3. The molecule has 7 nitrogen and oxygen atoms in total. The number of amides is 1. The van der Waals surface area contributed by atoms with E-state index < -0.39 is 0 Å². The molecule has 0 radical (unpaired) electrons. The van der Waals surface area contributed by atoms with Crippen LogP contribution in [0.1, 0.15) is 63.4 Å². The lowest BCUT2D eigenvalue weighted by Crippen LogP contribution is -2.27. The van der Waals surface area contributed by atoms with Gasteiger partial charge in [-0.3, -0.25) is 9.59 Å². The quantitative estimate of drug-likeness (QED) is 0.469. The third kappa shape index (κ3) is 6.14. The van der Waals surface area contributed by atoms with Crippen LogP contribution in [-0.4, -0.2) is 50.3 Å². The molecule has 1 amide bonds. The highest BCUT2D eigenvalue weighted by molar-refractivity contribution is 6.27. The molecule has 0 bridgehead atoms. The molecule has 7 heteroatoms. The summed E-state index contributed by atoms with van der Waals surface area (Å²) in [6, 6.07) is 11.5. The van der Waals surface area contributed by atoms with Gasteiger partial charge in [-0.05, 0) is 49.8 Å². The third-order valence-corrected chi connectivity index (χ3v) is 5.93. The van der Waals surface area contributed by atoms with Crippen molar-refractivity contribution in [2.75, 3.05) is 37.7 Å². The van der Waals surface area contributed by atoms with Crippen molar-refractivity contribution in [3.05, 3.63) is 59.2 Å². The van der Waals surface area contributed by atoms with Crippen molar-refractivity contribution in [2.45, 2.75) is 47.5 Å². The summed E-state index contributed by atoms with van der Waals surface area (Å²) < 4.78 is 11.9. The number of carbonyl (C=O) groups is 2. The molecule has 2 aromatic carbocycles. The minimum absolute atomic E-state index is 0.0131. The molecular formula is C29H37N3O4. The summed E-state index contributed by atoms with van der Waals surface area (Å²) in [5, 5.41) is 2.79. The van der Waals surface area contributed by atoms with E-state index >= 15 is 0 Å². The molecule has 2 aromatic rings. The summed E-state index contributed by atoms with van der Waals surface area (Å²) in [5.74, 6) is 1.25. The molecule has 0 fully saturated rings. The summed E-state index contributed by atoms with van der Waals surface area (Å²) in [7, 11) is 0. The highest BCUT2D eigenvalue weighted by Gasteiger charge is 2.27. The summed E-state index contributed by atoms with van der Waals surface area (Å²) in [6.07, 6.45) is 3.12. The Kier molecular flexibility index (Phi) is 9.68. The fourth-order valence-electron chi connectivity index (χ4n) is 4.15. The SMILES string of the molecule is CC.CCCN(CC)c1ccc2c(c1)OCC1=CC(=O)c3ccc(OCCNC(=O)CC)cc3C1=N2. The lowest BCUT2D eigenvalue weighted by atomic mass is 9.89. The Labute approximate surface area is 214 Å².